The van der Waals surface area contributed by atoms with Crippen molar-refractivity contribution in [2.45, 2.75) is 12.3 Å². The van der Waals surface area contributed by atoms with Crippen molar-refractivity contribution in [1.82, 2.24) is 5.32 Å². The van der Waals surface area contributed by atoms with Crippen LogP contribution in [0.4, 0.5) is 22.7 Å². The largest absolute Gasteiger partial charge is 2.00 e. The van der Waals surface area contributed by atoms with E-state index in [1.54, 1.807) is 24.3 Å². The van der Waals surface area contributed by atoms with E-state index in [4.69, 9.17) is 0 Å². The number of hydrogen-bond acceptors (Lipinski definition) is 2. The summed E-state index contributed by atoms with van der Waals surface area (Å²) in [6, 6.07) is 53.0. The van der Waals surface area contributed by atoms with Crippen LogP contribution in [-0.2, 0) is 16.8 Å². The molecule has 0 amide bonds. The molecule has 6 nitrogen and oxygen atoms in total. The number of para-hydroxylation sites is 6. The fourth-order valence-corrected chi connectivity index (χ4v) is 4.37. The molecule has 0 fully saturated rings. The van der Waals surface area contributed by atoms with E-state index in [0.29, 0.717) is 11.1 Å². The van der Waals surface area contributed by atoms with Crippen molar-refractivity contribution in [2.75, 3.05) is 0 Å². The second-order valence-electron chi connectivity index (χ2n) is 9.72. The Morgan fingerprint density at radius 1 is 0.400 bits per heavy atom. The van der Waals surface area contributed by atoms with Gasteiger partial charge >= 0.3 is 16.8 Å². The maximum Gasteiger partial charge on any atom is 2.00 e. The van der Waals surface area contributed by atoms with E-state index >= 15 is 0 Å². The quantitative estimate of drug-likeness (QED) is 0.157. The Morgan fingerprint density at radius 3 is 1.20 bits per heavy atom. The molecule has 0 unspecified atom stereocenters. The molecular formula is C38H32CoN4O2-. The molecule has 6 rings (SSSR count). The van der Waals surface area contributed by atoms with Gasteiger partial charge in [-0.1, -0.05) is 146 Å². The zero-order chi connectivity index (χ0) is 30.4. The van der Waals surface area contributed by atoms with Gasteiger partial charge in [-0.25, -0.2) is 0 Å². The molecule has 0 aliphatic rings. The zero-order valence-corrected chi connectivity index (χ0v) is 25.4. The standard InChI is InChI=1S/2C19H16N2O.Co/c2*22-18-14-8-7-13-17(18)19(20-15-9-3-1-4-10-15)21-16-11-5-2-6-12-16;/h2*1-14,19,22H;/q-2;-1;+2. The summed E-state index contributed by atoms with van der Waals surface area (Å²) >= 11 is 0. The van der Waals surface area contributed by atoms with E-state index < -0.39 is 12.3 Å². The van der Waals surface area contributed by atoms with E-state index in [9.17, 15) is 10.2 Å². The number of nitrogens with zero attached hydrogens (tertiary/aromatic N) is 4. The minimum absolute atomic E-state index is 0. The molecule has 0 atom stereocenters. The van der Waals surface area contributed by atoms with Crippen LogP contribution in [0.5, 0.6) is 11.5 Å². The summed E-state index contributed by atoms with van der Waals surface area (Å²) in [5, 5.41) is 38.9. The van der Waals surface area contributed by atoms with Crippen LogP contribution in [0.1, 0.15) is 23.5 Å². The predicted octanol–water partition coefficient (Wildman–Crippen LogP) is 10.8. The minimum atomic E-state index is -0.481. The van der Waals surface area contributed by atoms with Gasteiger partial charge in [-0.15, -0.1) is 17.1 Å². The van der Waals surface area contributed by atoms with Gasteiger partial charge in [0.1, 0.15) is 11.5 Å². The molecule has 6 aromatic rings. The molecule has 0 aromatic heterocycles. The third-order valence-corrected chi connectivity index (χ3v) is 6.54. The number of hydrogen-bond donors (Lipinski definition) is 2. The molecule has 6 aromatic carbocycles. The van der Waals surface area contributed by atoms with E-state index in [0.717, 1.165) is 22.7 Å². The Balaban J connectivity index is 0.000000200. The van der Waals surface area contributed by atoms with Crippen LogP contribution in [0, 0.1) is 0 Å². The Morgan fingerprint density at radius 2 is 0.756 bits per heavy atom. The number of phenols is 2. The fraction of sp³-hybridized carbons (Fsp3) is 0.0526. The van der Waals surface area contributed by atoms with Crippen LogP contribution in [-0.4, -0.2) is 10.2 Å². The van der Waals surface area contributed by atoms with Crippen LogP contribution in [0.3, 0.4) is 0 Å². The molecule has 0 aliphatic carbocycles. The second-order valence-corrected chi connectivity index (χ2v) is 9.72. The van der Waals surface area contributed by atoms with Crippen LogP contribution in [0.15, 0.2) is 170 Å². The van der Waals surface area contributed by atoms with Gasteiger partial charge in [-0.3, -0.25) is 5.32 Å². The third kappa shape index (κ3) is 9.82. The smallest absolute Gasteiger partial charge is 0.693 e. The SMILES string of the molecule is Oc1ccccc1C([N-]c1ccccc1)[N-]c1ccccc1.Oc1ccccc1C([N]c1ccccc1)[N-]c1ccccc1.[Co+2]. The van der Waals surface area contributed by atoms with E-state index in [1.165, 1.54) is 0 Å². The van der Waals surface area contributed by atoms with Crippen molar-refractivity contribution < 1.29 is 27.0 Å². The zero-order valence-electron chi connectivity index (χ0n) is 24.3. The number of rotatable bonds is 10. The van der Waals surface area contributed by atoms with Crippen molar-refractivity contribution in [1.29, 1.82) is 0 Å². The molecule has 45 heavy (non-hydrogen) atoms. The molecular weight excluding hydrogens is 603 g/mol. The summed E-state index contributed by atoms with van der Waals surface area (Å²) in [5.41, 5.74) is 4.70. The van der Waals surface area contributed by atoms with Crippen molar-refractivity contribution in [3.05, 3.63) is 197 Å². The number of benzene rings is 6. The summed E-state index contributed by atoms with van der Waals surface area (Å²) in [7, 11) is 0. The fourth-order valence-electron chi connectivity index (χ4n) is 4.37. The molecule has 2 radical (unpaired) electrons. The van der Waals surface area contributed by atoms with Crippen molar-refractivity contribution in [3.63, 3.8) is 0 Å². The van der Waals surface area contributed by atoms with Gasteiger partial charge in [0.15, 0.2) is 0 Å². The summed E-state index contributed by atoms with van der Waals surface area (Å²) in [6.45, 7) is 0. The molecule has 2 N–H and O–H groups in total. The Hall–Kier alpha value is -5.37. The van der Waals surface area contributed by atoms with Crippen LogP contribution in [0.2, 0.25) is 0 Å². The first-order valence-corrected chi connectivity index (χ1v) is 14.2. The molecule has 0 saturated carbocycles. The van der Waals surface area contributed by atoms with Crippen LogP contribution < -0.4 is 5.32 Å². The average molecular weight is 636 g/mol. The summed E-state index contributed by atoms with van der Waals surface area (Å²) in [4.78, 5) is 0. The maximum atomic E-state index is 10.1. The molecule has 0 spiro atoms. The van der Waals surface area contributed by atoms with Gasteiger partial charge in [0.25, 0.3) is 0 Å². The molecule has 0 bridgehead atoms. The first-order chi connectivity index (χ1) is 21.7. The Labute approximate surface area is 275 Å². The van der Waals surface area contributed by atoms with Crippen LogP contribution >= 0.6 is 0 Å². The van der Waals surface area contributed by atoms with Crippen molar-refractivity contribution >= 4 is 22.7 Å². The van der Waals surface area contributed by atoms with Crippen molar-refractivity contribution in [3.8, 4) is 11.5 Å². The van der Waals surface area contributed by atoms with Gasteiger partial charge in [0.2, 0.25) is 0 Å². The monoisotopic (exact) mass is 635 g/mol. The third-order valence-electron chi connectivity index (χ3n) is 6.54. The average Bonchev–Trinajstić information content (AvgIpc) is 3.07. The van der Waals surface area contributed by atoms with Gasteiger partial charge in [-0.05, 0) is 29.8 Å². The Bertz CT molecular complexity index is 1480. The molecule has 226 valence electrons. The summed E-state index contributed by atoms with van der Waals surface area (Å²) < 4.78 is 0. The van der Waals surface area contributed by atoms with E-state index in [-0.39, 0.29) is 28.3 Å². The maximum absolute atomic E-state index is 10.1. The van der Waals surface area contributed by atoms with Gasteiger partial charge in [0, 0.05) is 11.7 Å². The van der Waals surface area contributed by atoms with E-state index in [1.807, 2.05) is 146 Å². The molecule has 0 aliphatic heterocycles. The topological polar surface area (TPSA) is 96.9 Å². The number of aromatic hydroxyl groups is 2. The van der Waals surface area contributed by atoms with Crippen LogP contribution in [0.25, 0.3) is 16.0 Å². The van der Waals surface area contributed by atoms with Gasteiger partial charge in [-0.2, -0.15) is 6.17 Å². The number of phenolic OH excluding ortho intramolecular Hbond substituents is 2. The summed E-state index contributed by atoms with van der Waals surface area (Å²) in [6.07, 6.45) is -0.961. The molecule has 0 heterocycles. The Kier molecular flexibility index (Phi) is 12.3. The predicted molar refractivity (Wildman–Crippen MR) is 178 cm³/mol. The van der Waals surface area contributed by atoms with Gasteiger partial charge in [0.05, 0.1) is 5.69 Å². The molecule has 0 saturated heterocycles. The summed E-state index contributed by atoms with van der Waals surface area (Å²) in [5.74, 6) is 0.402. The second kappa shape index (κ2) is 17.1. The minimum Gasteiger partial charge on any atom is -0.693 e. The van der Waals surface area contributed by atoms with E-state index in [2.05, 4.69) is 21.3 Å². The van der Waals surface area contributed by atoms with Gasteiger partial charge < -0.3 is 26.2 Å². The molecule has 7 heteroatoms. The first kappa shape index (κ1) is 32.5. The first-order valence-electron chi connectivity index (χ1n) is 14.2. The van der Waals surface area contributed by atoms with Crippen molar-refractivity contribution in [2.24, 2.45) is 0 Å². The normalized spacial score (nSPS) is 10.8.